The maximum Gasteiger partial charge on any atom is 0.0861 e. The highest BCUT2D eigenvalue weighted by molar-refractivity contribution is 4.69. The van der Waals surface area contributed by atoms with Crippen molar-refractivity contribution in [3.05, 3.63) is 18.4 Å². The highest BCUT2D eigenvalue weighted by Gasteiger charge is 1.60. The van der Waals surface area contributed by atoms with E-state index in [4.69, 9.17) is 1.37 Å². The first-order chi connectivity index (χ1) is 3.39. The molecule has 3 heteroatoms. The van der Waals surface area contributed by atoms with Crippen LogP contribution < -0.4 is 0 Å². The fourth-order valence-electron chi connectivity index (χ4n) is 0.181. The second-order valence-electron chi connectivity index (χ2n) is 0.750. The Morgan fingerprint density at radius 3 is 2.83 bits per heavy atom. The molecule has 30 valence electrons. The number of aromatic nitrogens is 3. The van der Waals surface area contributed by atoms with Crippen molar-refractivity contribution in [3.8, 4) is 0 Å². The lowest BCUT2D eigenvalue weighted by molar-refractivity contribution is 0.865. The van der Waals surface area contributed by atoms with E-state index >= 15 is 0 Å². The summed E-state index contributed by atoms with van der Waals surface area (Å²) in [4.78, 5) is 0. The Bertz CT molecular complexity index is 140. The van der Waals surface area contributed by atoms with E-state index in [2.05, 4.69) is 15.4 Å². The van der Waals surface area contributed by atoms with Gasteiger partial charge >= 0.3 is 0 Å². The Morgan fingerprint density at radius 1 is 1.50 bits per heavy atom. The van der Waals surface area contributed by atoms with Crippen molar-refractivity contribution in [2.75, 3.05) is 0 Å². The Hall–Kier alpha value is -0.990. The fraction of sp³-hybridized carbons (Fsp3) is 0. The highest BCUT2D eigenvalue weighted by atomic mass is 15.3. The Balaban J connectivity index is 3.02. The van der Waals surface area contributed by atoms with Gasteiger partial charge in [-0.05, 0) is 11.3 Å². The van der Waals surface area contributed by atoms with Crippen molar-refractivity contribution in [2.24, 2.45) is 0 Å². The van der Waals surface area contributed by atoms with Crippen LogP contribution in [-0.2, 0) is 0 Å². The van der Waals surface area contributed by atoms with E-state index < -0.39 is 0 Å². The van der Waals surface area contributed by atoms with Crippen molar-refractivity contribution in [1.29, 1.82) is 0 Å². The molecule has 0 aliphatic carbocycles. The molecular formula is C3H3N3. The predicted molar refractivity (Wildman–Crippen MR) is 19.8 cm³/mol. The molecule has 0 N–H and O–H groups in total. The third kappa shape index (κ3) is 0.484. The first-order valence-electron chi connectivity index (χ1n) is 2.00. The molecule has 0 fully saturated rings. The second-order valence-corrected chi connectivity index (χ2v) is 0.750. The largest absolute Gasteiger partial charge is 0.139 e. The van der Waals surface area contributed by atoms with Crippen LogP contribution in [0.1, 0.15) is 1.37 Å². The first kappa shape index (κ1) is 2.23. The van der Waals surface area contributed by atoms with Gasteiger partial charge in [-0.1, -0.05) is 0 Å². The van der Waals surface area contributed by atoms with Crippen LogP contribution in [0.5, 0.6) is 0 Å². The van der Waals surface area contributed by atoms with Gasteiger partial charge in [0.2, 0.25) is 0 Å². The normalized spacial score (nSPS) is 10.3. The second kappa shape index (κ2) is 1.45. The van der Waals surface area contributed by atoms with Gasteiger partial charge in [-0.2, -0.15) is 0 Å². The van der Waals surface area contributed by atoms with Crippen LogP contribution in [0.4, 0.5) is 0 Å². The number of hydrogen-bond acceptors (Lipinski definition) is 3. The molecule has 0 aromatic carbocycles. The summed E-state index contributed by atoms with van der Waals surface area (Å²) in [7, 11) is 0. The molecule has 1 heterocycles. The summed E-state index contributed by atoms with van der Waals surface area (Å²) in [5.41, 5.74) is 0. The van der Waals surface area contributed by atoms with Gasteiger partial charge in [-0.25, -0.2) is 0 Å². The SMILES string of the molecule is [2H]c1ccnnn1. The molecule has 0 radical (unpaired) electrons. The molecule has 0 amide bonds. The quantitative estimate of drug-likeness (QED) is 0.437. The van der Waals surface area contributed by atoms with Crippen LogP contribution in [0.25, 0.3) is 0 Å². The molecule has 0 saturated carbocycles. The topological polar surface area (TPSA) is 38.7 Å². The van der Waals surface area contributed by atoms with Gasteiger partial charge in [0.1, 0.15) is 0 Å². The van der Waals surface area contributed by atoms with Gasteiger partial charge in [0.25, 0.3) is 0 Å². The zero-order chi connectivity index (χ0) is 5.11. The van der Waals surface area contributed by atoms with Crippen LogP contribution >= 0.6 is 0 Å². The fourth-order valence-corrected chi connectivity index (χ4v) is 0.181. The average Bonchev–Trinajstić information content (AvgIpc) is 1.69. The third-order valence-corrected chi connectivity index (χ3v) is 0.370. The number of hydrogen-bond donors (Lipinski definition) is 0. The summed E-state index contributed by atoms with van der Waals surface area (Å²) in [6.07, 6.45) is 1.57. The molecule has 0 bridgehead atoms. The lowest BCUT2D eigenvalue weighted by atomic mass is 10.7. The molecule has 0 unspecified atom stereocenters. The summed E-state index contributed by atoms with van der Waals surface area (Å²) in [5.74, 6) is 0. The Morgan fingerprint density at radius 2 is 2.50 bits per heavy atom. The van der Waals surface area contributed by atoms with Crippen LogP contribution in [0, 0.1) is 0 Å². The summed E-state index contributed by atoms with van der Waals surface area (Å²) in [5, 5.41) is 9.85. The van der Waals surface area contributed by atoms with Crippen molar-refractivity contribution in [2.45, 2.75) is 0 Å². The van der Waals surface area contributed by atoms with Crippen molar-refractivity contribution < 1.29 is 1.37 Å². The zero-order valence-electron chi connectivity index (χ0n) is 4.00. The lowest BCUT2D eigenvalue weighted by Crippen LogP contribution is -1.78. The minimum Gasteiger partial charge on any atom is -0.139 e. The lowest BCUT2D eigenvalue weighted by Gasteiger charge is -1.68. The summed E-state index contributed by atoms with van der Waals surface area (Å²) < 4.78 is 6.78. The smallest absolute Gasteiger partial charge is 0.0861 e. The van der Waals surface area contributed by atoms with E-state index in [1.165, 1.54) is 12.3 Å². The Labute approximate surface area is 36.4 Å². The first-order valence-corrected chi connectivity index (χ1v) is 1.50. The Kier molecular flexibility index (Phi) is 0.538. The maximum atomic E-state index is 6.78. The monoisotopic (exact) mass is 82.0 g/mol. The maximum absolute atomic E-state index is 6.78. The van der Waals surface area contributed by atoms with E-state index in [9.17, 15) is 0 Å². The minimum atomic E-state index is 0.148. The molecule has 0 spiro atoms. The molecule has 0 aliphatic rings. The van der Waals surface area contributed by atoms with E-state index in [-0.39, 0.29) is 6.17 Å². The summed E-state index contributed by atoms with van der Waals surface area (Å²) in [6, 6.07) is 1.47. The summed E-state index contributed by atoms with van der Waals surface area (Å²) >= 11 is 0. The predicted octanol–water partition coefficient (Wildman–Crippen LogP) is -0.128. The zero-order valence-corrected chi connectivity index (χ0v) is 3.00. The van der Waals surface area contributed by atoms with Crippen LogP contribution in [0.2, 0.25) is 0 Å². The van der Waals surface area contributed by atoms with Crippen molar-refractivity contribution >= 4 is 0 Å². The molecule has 0 atom stereocenters. The van der Waals surface area contributed by atoms with Gasteiger partial charge in [0, 0.05) is 0 Å². The average molecular weight is 82.1 g/mol. The third-order valence-electron chi connectivity index (χ3n) is 0.370. The number of rotatable bonds is 0. The summed E-state index contributed by atoms with van der Waals surface area (Å²) in [6.45, 7) is 0. The molecule has 1 aromatic rings. The van der Waals surface area contributed by atoms with Crippen LogP contribution in [0.15, 0.2) is 18.4 Å². The van der Waals surface area contributed by atoms with Crippen LogP contribution in [-0.4, -0.2) is 15.4 Å². The van der Waals surface area contributed by atoms with E-state index in [1.807, 2.05) is 0 Å². The van der Waals surface area contributed by atoms with E-state index in [0.717, 1.165) is 0 Å². The van der Waals surface area contributed by atoms with Gasteiger partial charge in [0.15, 0.2) is 0 Å². The highest BCUT2D eigenvalue weighted by Crippen LogP contribution is 1.61. The molecule has 1 rings (SSSR count). The van der Waals surface area contributed by atoms with Crippen molar-refractivity contribution in [1.82, 2.24) is 15.4 Å². The molecule has 6 heavy (non-hydrogen) atoms. The van der Waals surface area contributed by atoms with Gasteiger partial charge in [0.05, 0.1) is 13.7 Å². The molecule has 0 aliphatic heterocycles. The van der Waals surface area contributed by atoms with E-state index in [0.29, 0.717) is 0 Å². The number of nitrogens with zero attached hydrogens (tertiary/aromatic N) is 3. The molecule has 1 aromatic heterocycles. The van der Waals surface area contributed by atoms with Crippen LogP contribution in [0.3, 0.4) is 0 Å². The standard InChI is InChI=1S/C3H3N3/c1-2-4-6-5-3-1/h1-3H/i2D. The molecular weight excluding hydrogens is 78.1 g/mol. The van der Waals surface area contributed by atoms with Gasteiger partial charge in [-0.3, -0.25) is 0 Å². The van der Waals surface area contributed by atoms with Gasteiger partial charge < -0.3 is 0 Å². The van der Waals surface area contributed by atoms with Gasteiger partial charge in [-0.15, -0.1) is 10.2 Å². The van der Waals surface area contributed by atoms with Crippen molar-refractivity contribution in [3.63, 3.8) is 0 Å². The van der Waals surface area contributed by atoms with E-state index in [1.54, 1.807) is 0 Å². The molecule has 3 nitrogen and oxygen atoms in total. The minimum absolute atomic E-state index is 0.148. The molecule has 0 saturated heterocycles.